The summed E-state index contributed by atoms with van der Waals surface area (Å²) in [7, 11) is -3.53. The highest BCUT2D eigenvalue weighted by Gasteiger charge is 2.24. The van der Waals surface area contributed by atoms with E-state index in [2.05, 4.69) is 10.0 Å². The number of hydrogen-bond donors (Lipinski definition) is 2. The highest BCUT2D eigenvalue weighted by Crippen LogP contribution is 2.36. The molecule has 1 aliphatic rings. The highest BCUT2D eigenvalue weighted by atomic mass is 32.2. The molecule has 0 saturated heterocycles. The molecular formula is C14H20N2O3S2. The van der Waals surface area contributed by atoms with Crippen molar-refractivity contribution in [3.05, 3.63) is 18.2 Å². The van der Waals surface area contributed by atoms with Crippen molar-refractivity contribution in [1.82, 2.24) is 4.72 Å². The number of sulfonamides is 1. The molecule has 1 aliphatic heterocycles. The Morgan fingerprint density at radius 1 is 1.38 bits per heavy atom. The van der Waals surface area contributed by atoms with Crippen molar-refractivity contribution >= 4 is 33.4 Å². The van der Waals surface area contributed by atoms with E-state index in [1.54, 1.807) is 12.1 Å². The van der Waals surface area contributed by atoms with Gasteiger partial charge in [-0.15, -0.1) is 11.8 Å². The molecule has 2 rings (SSSR count). The summed E-state index contributed by atoms with van der Waals surface area (Å²) in [6, 6.07) is 4.84. The first-order valence-electron chi connectivity index (χ1n) is 6.91. The first-order valence-corrected chi connectivity index (χ1v) is 9.27. The molecule has 0 fully saturated rings. The lowest BCUT2D eigenvalue weighted by Crippen LogP contribution is -2.28. The molecule has 0 bridgehead atoms. The molecule has 1 aromatic rings. The number of carbonyl (C=O) groups excluding carboxylic acids is 1. The number of amides is 1. The standard InChI is InChI=1S/C14H20N2O3S2/c1-9(2)6-7-15-21(18,19)11-4-5-13-12(8-11)16-14(17)10(3)20-13/h4-5,8-10,15H,6-7H2,1-3H3,(H,16,17)/t10-/m0/s1. The van der Waals surface area contributed by atoms with E-state index in [4.69, 9.17) is 0 Å². The van der Waals surface area contributed by atoms with Crippen LogP contribution in [0, 0.1) is 5.92 Å². The predicted molar refractivity (Wildman–Crippen MR) is 85.0 cm³/mol. The number of fused-ring (bicyclic) bond motifs is 1. The lowest BCUT2D eigenvalue weighted by Gasteiger charge is -2.21. The third kappa shape index (κ3) is 3.99. The van der Waals surface area contributed by atoms with Crippen molar-refractivity contribution < 1.29 is 13.2 Å². The molecule has 0 radical (unpaired) electrons. The average molecular weight is 328 g/mol. The van der Waals surface area contributed by atoms with Crippen molar-refractivity contribution in [2.75, 3.05) is 11.9 Å². The van der Waals surface area contributed by atoms with Gasteiger partial charge in [-0.1, -0.05) is 13.8 Å². The van der Waals surface area contributed by atoms with Crippen LogP contribution in [0.4, 0.5) is 5.69 Å². The zero-order chi connectivity index (χ0) is 15.6. The molecule has 2 N–H and O–H groups in total. The molecule has 0 spiro atoms. The van der Waals surface area contributed by atoms with Gasteiger partial charge in [0.2, 0.25) is 15.9 Å². The second kappa shape index (κ2) is 6.37. The smallest absolute Gasteiger partial charge is 0.240 e. The Balaban J connectivity index is 2.18. The monoisotopic (exact) mass is 328 g/mol. The zero-order valence-electron chi connectivity index (χ0n) is 12.3. The summed E-state index contributed by atoms with van der Waals surface area (Å²) in [6.07, 6.45) is 0.786. The third-order valence-corrected chi connectivity index (χ3v) is 5.84. The summed E-state index contributed by atoms with van der Waals surface area (Å²) in [5.74, 6) is 0.336. The molecule has 5 nitrogen and oxygen atoms in total. The van der Waals surface area contributed by atoms with Crippen LogP contribution in [0.2, 0.25) is 0 Å². The average Bonchev–Trinajstić information content (AvgIpc) is 2.38. The maximum Gasteiger partial charge on any atom is 0.240 e. The van der Waals surface area contributed by atoms with E-state index in [-0.39, 0.29) is 16.1 Å². The quantitative estimate of drug-likeness (QED) is 0.870. The zero-order valence-corrected chi connectivity index (χ0v) is 14.0. The van der Waals surface area contributed by atoms with Crippen LogP contribution < -0.4 is 10.0 Å². The van der Waals surface area contributed by atoms with Crippen molar-refractivity contribution in [1.29, 1.82) is 0 Å². The molecule has 1 amide bonds. The lowest BCUT2D eigenvalue weighted by atomic mass is 10.1. The maximum absolute atomic E-state index is 12.2. The molecule has 0 aromatic heterocycles. The Kier molecular flexibility index (Phi) is 4.95. The number of nitrogens with one attached hydrogen (secondary N) is 2. The molecule has 0 aliphatic carbocycles. The summed E-state index contributed by atoms with van der Waals surface area (Å²) < 4.78 is 27.0. The topological polar surface area (TPSA) is 75.3 Å². The van der Waals surface area contributed by atoms with E-state index >= 15 is 0 Å². The van der Waals surface area contributed by atoms with E-state index in [0.717, 1.165) is 11.3 Å². The van der Waals surface area contributed by atoms with Gasteiger partial charge in [0.25, 0.3) is 0 Å². The Labute approximate surface area is 129 Å². The van der Waals surface area contributed by atoms with Gasteiger partial charge < -0.3 is 5.32 Å². The van der Waals surface area contributed by atoms with Gasteiger partial charge in [0.15, 0.2) is 0 Å². The first-order chi connectivity index (χ1) is 9.79. The van der Waals surface area contributed by atoms with Crippen molar-refractivity contribution in [3.63, 3.8) is 0 Å². The molecular weight excluding hydrogens is 308 g/mol. The van der Waals surface area contributed by atoms with E-state index in [1.807, 2.05) is 20.8 Å². The molecule has 7 heteroatoms. The molecule has 21 heavy (non-hydrogen) atoms. The van der Waals surface area contributed by atoms with Gasteiger partial charge >= 0.3 is 0 Å². The van der Waals surface area contributed by atoms with Crippen LogP contribution in [0.1, 0.15) is 27.2 Å². The SMILES string of the molecule is CC(C)CCNS(=O)(=O)c1ccc2c(c1)NC(=O)[C@H](C)S2. The number of anilines is 1. The fourth-order valence-corrected chi connectivity index (χ4v) is 3.92. The normalized spacial score (nSPS) is 18.5. The fraction of sp³-hybridized carbons (Fsp3) is 0.500. The second-order valence-corrected chi connectivity index (χ2v) is 8.64. The summed E-state index contributed by atoms with van der Waals surface area (Å²) in [5.41, 5.74) is 0.565. The van der Waals surface area contributed by atoms with Crippen LogP contribution in [-0.4, -0.2) is 26.1 Å². The molecule has 1 aromatic carbocycles. The fourth-order valence-electron chi connectivity index (χ4n) is 1.92. The van der Waals surface area contributed by atoms with Gasteiger partial charge in [-0.05, 0) is 37.5 Å². The van der Waals surface area contributed by atoms with Gasteiger partial charge in [-0.3, -0.25) is 4.79 Å². The van der Waals surface area contributed by atoms with Crippen molar-refractivity contribution in [3.8, 4) is 0 Å². The summed E-state index contributed by atoms with van der Waals surface area (Å²) in [6.45, 7) is 6.32. The molecule has 1 heterocycles. The minimum Gasteiger partial charge on any atom is -0.324 e. The number of rotatable bonds is 5. The summed E-state index contributed by atoms with van der Waals surface area (Å²) in [5, 5.41) is 2.58. The summed E-state index contributed by atoms with van der Waals surface area (Å²) >= 11 is 1.43. The highest BCUT2D eigenvalue weighted by molar-refractivity contribution is 8.01. The van der Waals surface area contributed by atoms with Crippen LogP contribution in [0.3, 0.4) is 0 Å². The van der Waals surface area contributed by atoms with E-state index in [9.17, 15) is 13.2 Å². The largest absolute Gasteiger partial charge is 0.324 e. The van der Waals surface area contributed by atoms with Gasteiger partial charge in [0.05, 0.1) is 15.8 Å². The Bertz CT molecular complexity index is 642. The van der Waals surface area contributed by atoms with Crippen LogP contribution in [0.15, 0.2) is 28.0 Å². The number of benzene rings is 1. The predicted octanol–water partition coefficient (Wildman–Crippen LogP) is 2.44. The number of thioether (sulfide) groups is 1. The van der Waals surface area contributed by atoms with Gasteiger partial charge in [-0.2, -0.15) is 0 Å². The summed E-state index contributed by atoms with van der Waals surface area (Å²) in [4.78, 5) is 12.7. The number of carbonyl (C=O) groups is 1. The van der Waals surface area contributed by atoms with Gasteiger partial charge in [0, 0.05) is 11.4 Å². The Hall–Kier alpha value is -1.05. The minimum absolute atomic E-state index is 0.102. The molecule has 1 atom stereocenters. The first kappa shape index (κ1) is 16.3. The van der Waals surface area contributed by atoms with E-state index in [0.29, 0.717) is 18.2 Å². The van der Waals surface area contributed by atoms with Crippen LogP contribution >= 0.6 is 11.8 Å². The van der Waals surface area contributed by atoms with Crippen LogP contribution in [0.5, 0.6) is 0 Å². The van der Waals surface area contributed by atoms with Crippen LogP contribution in [-0.2, 0) is 14.8 Å². The second-order valence-electron chi connectivity index (χ2n) is 5.49. The lowest BCUT2D eigenvalue weighted by molar-refractivity contribution is -0.115. The van der Waals surface area contributed by atoms with Gasteiger partial charge in [-0.25, -0.2) is 13.1 Å². The molecule has 116 valence electrons. The van der Waals surface area contributed by atoms with Gasteiger partial charge in [0.1, 0.15) is 0 Å². The molecule has 0 saturated carbocycles. The van der Waals surface area contributed by atoms with Crippen LogP contribution in [0.25, 0.3) is 0 Å². The van der Waals surface area contributed by atoms with Crippen molar-refractivity contribution in [2.24, 2.45) is 5.92 Å². The van der Waals surface area contributed by atoms with E-state index < -0.39 is 10.0 Å². The van der Waals surface area contributed by atoms with E-state index in [1.165, 1.54) is 17.8 Å². The number of hydrogen-bond acceptors (Lipinski definition) is 4. The van der Waals surface area contributed by atoms with Crippen molar-refractivity contribution in [2.45, 2.75) is 42.2 Å². The minimum atomic E-state index is -3.53. The maximum atomic E-state index is 12.2. The Morgan fingerprint density at radius 2 is 2.10 bits per heavy atom. The Morgan fingerprint density at radius 3 is 2.76 bits per heavy atom. The third-order valence-electron chi connectivity index (χ3n) is 3.21. The molecule has 0 unspecified atom stereocenters.